The number of carbonyl (C=O) groups is 2. The van der Waals surface area contributed by atoms with E-state index in [0.717, 1.165) is 24.0 Å². The fourth-order valence-electron chi connectivity index (χ4n) is 3.23. The maximum Gasteiger partial charge on any atom is 0.348 e. The maximum absolute atomic E-state index is 12.2. The van der Waals surface area contributed by atoms with E-state index in [1.165, 1.54) is 34.6 Å². The standard InChI is InChI=1S/C20H23NO3S/c1-13-7-3-5-9-16(13)14(2)21-19(22)12-24-20(23)18-11-15-8-4-6-10-17(15)25-18/h3,5,7,9,11,14H,4,6,8,10,12H2,1-2H3,(H,21,22). The molecule has 132 valence electrons. The fraction of sp³-hybridized carbons (Fsp3) is 0.400. The number of benzene rings is 1. The molecule has 0 bridgehead atoms. The molecule has 2 aromatic rings. The normalized spacial score (nSPS) is 14.5. The molecule has 1 unspecified atom stereocenters. The van der Waals surface area contributed by atoms with Crippen LogP contribution in [0, 0.1) is 6.92 Å². The van der Waals surface area contributed by atoms with Crippen LogP contribution in [-0.4, -0.2) is 18.5 Å². The Balaban J connectivity index is 1.52. The Kier molecular flexibility index (Phi) is 5.53. The highest BCUT2D eigenvalue weighted by atomic mass is 32.1. The quantitative estimate of drug-likeness (QED) is 0.824. The number of rotatable bonds is 5. The summed E-state index contributed by atoms with van der Waals surface area (Å²) in [6.45, 7) is 3.68. The SMILES string of the molecule is Cc1ccccc1C(C)NC(=O)COC(=O)c1cc2c(s1)CCCC2. The minimum atomic E-state index is -0.405. The smallest absolute Gasteiger partial charge is 0.348 e. The van der Waals surface area contributed by atoms with Crippen molar-refractivity contribution in [3.63, 3.8) is 0 Å². The number of hydrogen-bond donors (Lipinski definition) is 1. The predicted molar refractivity (Wildman–Crippen MR) is 99.0 cm³/mol. The third-order valence-corrected chi connectivity index (χ3v) is 5.78. The van der Waals surface area contributed by atoms with E-state index in [-0.39, 0.29) is 18.6 Å². The van der Waals surface area contributed by atoms with E-state index in [2.05, 4.69) is 5.32 Å². The molecule has 1 aliphatic carbocycles. The number of nitrogens with one attached hydrogen (secondary N) is 1. The monoisotopic (exact) mass is 357 g/mol. The summed E-state index contributed by atoms with van der Waals surface area (Å²) in [5.74, 6) is -0.691. The lowest BCUT2D eigenvalue weighted by molar-refractivity contribution is -0.124. The van der Waals surface area contributed by atoms with Crippen LogP contribution >= 0.6 is 11.3 Å². The van der Waals surface area contributed by atoms with Crippen molar-refractivity contribution in [3.05, 3.63) is 56.8 Å². The molecule has 0 saturated heterocycles. The van der Waals surface area contributed by atoms with Gasteiger partial charge >= 0.3 is 5.97 Å². The van der Waals surface area contributed by atoms with E-state index in [1.807, 2.05) is 44.2 Å². The van der Waals surface area contributed by atoms with E-state index in [0.29, 0.717) is 4.88 Å². The molecule has 25 heavy (non-hydrogen) atoms. The average molecular weight is 357 g/mol. The zero-order valence-electron chi connectivity index (χ0n) is 14.6. The maximum atomic E-state index is 12.2. The second-order valence-corrected chi connectivity index (χ2v) is 7.62. The van der Waals surface area contributed by atoms with Gasteiger partial charge in [-0.05, 0) is 62.3 Å². The Hall–Kier alpha value is -2.14. The Bertz CT molecular complexity index is 757. The fourth-order valence-corrected chi connectivity index (χ4v) is 4.37. The van der Waals surface area contributed by atoms with Crippen LogP contribution in [0.25, 0.3) is 0 Å². The molecular weight excluding hydrogens is 334 g/mol. The molecule has 1 aliphatic rings. The van der Waals surface area contributed by atoms with Gasteiger partial charge in [0.15, 0.2) is 6.61 Å². The highest BCUT2D eigenvalue weighted by Crippen LogP contribution is 2.30. The van der Waals surface area contributed by atoms with E-state index < -0.39 is 5.97 Å². The Labute approximate surface area is 152 Å². The van der Waals surface area contributed by atoms with Crippen LogP contribution in [0.3, 0.4) is 0 Å². The van der Waals surface area contributed by atoms with E-state index in [9.17, 15) is 9.59 Å². The summed E-state index contributed by atoms with van der Waals surface area (Å²) in [4.78, 5) is 26.2. The van der Waals surface area contributed by atoms with Crippen LogP contribution in [0.2, 0.25) is 0 Å². The summed E-state index contributed by atoms with van der Waals surface area (Å²) in [5, 5.41) is 2.88. The summed E-state index contributed by atoms with van der Waals surface area (Å²) in [6, 6.07) is 9.72. The molecule has 0 saturated carbocycles. The topological polar surface area (TPSA) is 55.4 Å². The zero-order chi connectivity index (χ0) is 17.8. The van der Waals surface area contributed by atoms with Gasteiger partial charge in [-0.1, -0.05) is 24.3 Å². The molecule has 0 spiro atoms. The zero-order valence-corrected chi connectivity index (χ0v) is 15.4. The lowest BCUT2D eigenvalue weighted by atomic mass is 9.99. The van der Waals surface area contributed by atoms with Crippen LogP contribution in [0.1, 0.15) is 57.0 Å². The summed E-state index contributed by atoms with van der Waals surface area (Å²) < 4.78 is 5.19. The van der Waals surface area contributed by atoms with Crippen molar-refractivity contribution < 1.29 is 14.3 Å². The van der Waals surface area contributed by atoms with Crippen LogP contribution < -0.4 is 5.32 Å². The number of esters is 1. The first-order valence-electron chi connectivity index (χ1n) is 8.68. The van der Waals surface area contributed by atoms with Crippen molar-refractivity contribution in [1.82, 2.24) is 5.32 Å². The highest BCUT2D eigenvalue weighted by molar-refractivity contribution is 7.14. The third kappa shape index (κ3) is 4.28. The summed E-state index contributed by atoms with van der Waals surface area (Å²) in [6.07, 6.45) is 4.44. The number of fused-ring (bicyclic) bond motifs is 1. The molecule has 0 aliphatic heterocycles. The molecule has 5 heteroatoms. The molecule has 1 aromatic carbocycles. The number of aryl methyl sites for hydroxylation is 3. The van der Waals surface area contributed by atoms with Gasteiger partial charge in [0.2, 0.25) is 0 Å². The molecule has 1 aromatic heterocycles. The van der Waals surface area contributed by atoms with Gasteiger partial charge in [0.25, 0.3) is 5.91 Å². The Morgan fingerprint density at radius 1 is 1.24 bits per heavy atom. The Morgan fingerprint density at radius 3 is 2.76 bits per heavy atom. The van der Waals surface area contributed by atoms with E-state index in [1.54, 1.807) is 0 Å². The lowest BCUT2D eigenvalue weighted by Gasteiger charge is -2.16. The lowest BCUT2D eigenvalue weighted by Crippen LogP contribution is -2.31. The van der Waals surface area contributed by atoms with Gasteiger partial charge < -0.3 is 10.1 Å². The second-order valence-electron chi connectivity index (χ2n) is 6.49. The molecule has 1 amide bonds. The van der Waals surface area contributed by atoms with E-state index in [4.69, 9.17) is 4.74 Å². The minimum absolute atomic E-state index is 0.124. The van der Waals surface area contributed by atoms with Crippen LogP contribution in [0.15, 0.2) is 30.3 Å². The molecule has 3 rings (SSSR count). The summed E-state index contributed by atoms with van der Waals surface area (Å²) in [7, 11) is 0. The first-order valence-corrected chi connectivity index (χ1v) is 9.50. The number of carbonyl (C=O) groups excluding carboxylic acids is 2. The van der Waals surface area contributed by atoms with Crippen molar-refractivity contribution in [2.75, 3.05) is 6.61 Å². The Morgan fingerprint density at radius 2 is 2.00 bits per heavy atom. The average Bonchev–Trinajstić information content (AvgIpc) is 3.04. The van der Waals surface area contributed by atoms with Gasteiger partial charge in [-0.2, -0.15) is 0 Å². The number of hydrogen-bond acceptors (Lipinski definition) is 4. The van der Waals surface area contributed by atoms with Gasteiger partial charge in [-0.25, -0.2) is 4.79 Å². The van der Waals surface area contributed by atoms with Gasteiger partial charge in [-0.15, -0.1) is 11.3 Å². The molecule has 1 atom stereocenters. The first kappa shape index (κ1) is 17.7. The highest BCUT2D eigenvalue weighted by Gasteiger charge is 2.19. The summed E-state index contributed by atoms with van der Waals surface area (Å²) in [5.41, 5.74) is 3.45. The van der Waals surface area contributed by atoms with Gasteiger partial charge in [0, 0.05) is 4.88 Å². The molecule has 0 radical (unpaired) electrons. The number of ether oxygens (including phenoxy) is 1. The molecular formula is C20H23NO3S. The third-order valence-electron chi connectivity index (χ3n) is 4.56. The van der Waals surface area contributed by atoms with Crippen LogP contribution in [-0.2, 0) is 22.4 Å². The van der Waals surface area contributed by atoms with Gasteiger partial charge in [0.1, 0.15) is 4.88 Å². The van der Waals surface area contributed by atoms with Crippen molar-refractivity contribution in [3.8, 4) is 0 Å². The second kappa shape index (κ2) is 7.83. The first-order chi connectivity index (χ1) is 12.0. The largest absolute Gasteiger partial charge is 0.451 e. The van der Waals surface area contributed by atoms with Crippen molar-refractivity contribution in [2.45, 2.75) is 45.6 Å². The van der Waals surface area contributed by atoms with Crippen molar-refractivity contribution in [1.29, 1.82) is 0 Å². The molecule has 4 nitrogen and oxygen atoms in total. The molecule has 0 fully saturated rings. The predicted octanol–water partition coefficient (Wildman–Crippen LogP) is 3.97. The number of thiophene rings is 1. The van der Waals surface area contributed by atoms with Gasteiger partial charge in [0.05, 0.1) is 6.04 Å². The van der Waals surface area contributed by atoms with Crippen LogP contribution in [0.5, 0.6) is 0 Å². The number of amides is 1. The van der Waals surface area contributed by atoms with Gasteiger partial charge in [-0.3, -0.25) is 4.79 Å². The van der Waals surface area contributed by atoms with Crippen LogP contribution in [0.4, 0.5) is 0 Å². The summed E-state index contributed by atoms with van der Waals surface area (Å²) >= 11 is 1.50. The minimum Gasteiger partial charge on any atom is -0.451 e. The molecule has 1 heterocycles. The van der Waals surface area contributed by atoms with E-state index >= 15 is 0 Å². The molecule has 1 N–H and O–H groups in total. The van der Waals surface area contributed by atoms with Crippen molar-refractivity contribution >= 4 is 23.2 Å². The van der Waals surface area contributed by atoms with Crippen molar-refractivity contribution in [2.24, 2.45) is 0 Å².